The van der Waals surface area contributed by atoms with Gasteiger partial charge in [0, 0.05) is 18.3 Å². The molecule has 24 heavy (non-hydrogen) atoms. The lowest BCUT2D eigenvalue weighted by atomic mass is 9.93. The van der Waals surface area contributed by atoms with Crippen LogP contribution in [0.4, 0.5) is 0 Å². The Morgan fingerprint density at radius 3 is 2.96 bits per heavy atom. The summed E-state index contributed by atoms with van der Waals surface area (Å²) in [4.78, 5) is 15.2. The van der Waals surface area contributed by atoms with E-state index >= 15 is 0 Å². The maximum absolute atomic E-state index is 13.1. The predicted molar refractivity (Wildman–Crippen MR) is 95.1 cm³/mol. The summed E-state index contributed by atoms with van der Waals surface area (Å²) in [5.41, 5.74) is 3.12. The van der Waals surface area contributed by atoms with E-state index in [2.05, 4.69) is 44.2 Å². The van der Waals surface area contributed by atoms with Gasteiger partial charge >= 0.3 is 0 Å². The van der Waals surface area contributed by atoms with Gasteiger partial charge in [0.05, 0.1) is 0 Å². The fraction of sp³-hybridized carbons (Fsp3) is 0.556. The van der Waals surface area contributed by atoms with E-state index < -0.39 is 0 Å². The number of aromatic nitrogens is 2. The van der Waals surface area contributed by atoms with Crippen molar-refractivity contribution in [1.82, 2.24) is 20.4 Å². The minimum absolute atomic E-state index is 0.0672. The third kappa shape index (κ3) is 2.89. The predicted octanol–water partition coefficient (Wildman–Crippen LogP) is 2.82. The largest absolute Gasteiger partial charge is 0.329 e. The highest BCUT2D eigenvalue weighted by atomic mass is 32.1. The van der Waals surface area contributed by atoms with Gasteiger partial charge in [-0.15, -0.1) is 0 Å². The van der Waals surface area contributed by atoms with Gasteiger partial charge in [0.1, 0.15) is 5.69 Å². The molecule has 0 radical (unpaired) electrons. The summed E-state index contributed by atoms with van der Waals surface area (Å²) in [5, 5.41) is 14.9. The number of carbonyl (C=O) groups excluding carboxylic acids is 1. The standard InChI is InChI=1S/C18H24N4OS/c1-2-14-9-15(21-20-14)17(23)22(11-13-3-8-24-12-13)16-10-18(16)4-6-19-7-5-18/h3,8-9,12,16,19H,2,4-7,10-11H2,1H3,(H,20,21)/t16-/m0/s1. The summed E-state index contributed by atoms with van der Waals surface area (Å²) in [7, 11) is 0. The smallest absolute Gasteiger partial charge is 0.274 e. The summed E-state index contributed by atoms with van der Waals surface area (Å²) in [6.07, 6.45) is 4.34. The monoisotopic (exact) mass is 344 g/mol. The number of amides is 1. The average Bonchev–Trinajstić information content (AvgIpc) is 3.05. The Morgan fingerprint density at radius 2 is 2.29 bits per heavy atom. The van der Waals surface area contributed by atoms with Crippen molar-refractivity contribution in [1.29, 1.82) is 0 Å². The zero-order valence-electron chi connectivity index (χ0n) is 14.0. The Kier molecular flexibility index (Phi) is 4.18. The van der Waals surface area contributed by atoms with Crippen LogP contribution in [-0.4, -0.2) is 40.1 Å². The van der Waals surface area contributed by atoms with E-state index in [1.165, 1.54) is 18.4 Å². The van der Waals surface area contributed by atoms with Crippen LogP contribution in [0.25, 0.3) is 0 Å². The van der Waals surface area contributed by atoms with Gasteiger partial charge in [-0.05, 0) is 72.6 Å². The Bertz CT molecular complexity index is 702. The fourth-order valence-electron chi connectivity index (χ4n) is 3.93. The number of aromatic amines is 1. The molecule has 3 heterocycles. The first-order valence-corrected chi connectivity index (χ1v) is 9.73. The van der Waals surface area contributed by atoms with Crippen LogP contribution in [-0.2, 0) is 13.0 Å². The van der Waals surface area contributed by atoms with E-state index in [1.807, 2.05) is 6.07 Å². The molecule has 0 unspecified atom stereocenters. The van der Waals surface area contributed by atoms with Crippen molar-refractivity contribution in [3.8, 4) is 0 Å². The van der Waals surface area contributed by atoms with Crippen molar-refractivity contribution in [3.63, 3.8) is 0 Å². The first-order valence-electron chi connectivity index (χ1n) is 8.79. The molecule has 6 heteroatoms. The van der Waals surface area contributed by atoms with Crippen molar-refractivity contribution in [2.75, 3.05) is 13.1 Å². The Balaban J connectivity index is 1.57. The average molecular weight is 344 g/mol. The number of H-pyrrole nitrogens is 1. The van der Waals surface area contributed by atoms with Crippen molar-refractivity contribution in [2.24, 2.45) is 5.41 Å². The second kappa shape index (κ2) is 6.33. The number of piperidine rings is 1. The van der Waals surface area contributed by atoms with E-state index in [-0.39, 0.29) is 5.91 Å². The number of rotatable bonds is 5. The molecule has 1 amide bonds. The maximum Gasteiger partial charge on any atom is 0.274 e. The minimum Gasteiger partial charge on any atom is -0.329 e. The van der Waals surface area contributed by atoms with Crippen molar-refractivity contribution in [3.05, 3.63) is 39.8 Å². The number of hydrogen-bond donors (Lipinski definition) is 2. The van der Waals surface area contributed by atoms with Gasteiger partial charge in [0.15, 0.2) is 0 Å². The molecule has 2 N–H and O–H groups in total. The van der Waals surface area contributed by atoms with E-state index in [0.717, 1.165) is 31.6 Å². The Morgan fingerprint density at radius 1 is 1.46 bits per heavy atom. The van der Waals surface area contributed by atoms with Crippen molar-refractivity contribution in [2.45, 2.75) is 45.2 Å². The third-order valence-corrected chi connectivity index (χ3v) is 6.28. The van der Waals surface area contributed by atoms with Crippen molar-refractivity contribution < 1.29 is 4.79 Å². The van der Waals surface area contributed by atoms with Crippen LogP contribution >= 0.6 is 11.3 Å². The molecular formula is C18H24N4OS. The number of aryl methyl sites for hydroxylation is 1. The molecule has 2 aliphatic rings. The second-order valence-electron chi connectivity index (χ2n) is 7.03. The van der Waals surface area contributed by atoms with Crippen LogP contribution in [0.15, 0.2) is 22.9 Å². The van der Waals surface area contributed by atoms with Crippen LogP contribution in [0.5, 0.6) is 0 Å². The zero-order valence-corrected chi connectivity index (χ0v) is 14.9. The molecule has 2 aromatic rings. The molecule has 1 atom stereocenters. The molecule has 1 aliphatic heterocycles. The Hall–Kier alpha value is -1.66. The van der Waals surface area contributed by atoms with Gasteiger partial charge in [-0.1, -0.05) is 6.92 Å². The highest BCUT2D eigenvalue weighted by Crippen LogP contribution is 2.56. The topological polar surface area (TPSA) is 61.0 Å². The Labute approximate surface area is 146 Å². The van der Waals surface area contributed by atoms with Gasteiger partial charge < -0.3 is 10.2 Å². The first-order chi connectivity index (χ1) is 11.7. The van der Waals surface area contributed by atoms with Gasteiger partial charge in [-0.2, -0.15) is 16.4 Å². The van der Waals surface area contributed by atoms with Crippen LogP contribution < -0.4 is 5.32 Å². The van der Waals surface area contributed by atoms with Crippen LogP contribution in [0.3, 0.4) is 0 Å². The van der Waals surface area contributed by atoms with E-state index in [9.17, 15) is 4.79 Å². The van der Waals surface area contributed by atoms with E-state index in [0.29, 0.717) is 23.7 Å². The van der Waals surface area contributed by atoms with E-state index in [1.54, 1.807) is 11.3 Å². The fourth-order valence-corrected chi connectivity index (χ4v) is 4.59. The highest BCUT2D eigenvalue weighted by molar-refractivity contribution is 7.07. The lowest BCUT2D eigenvalue weighted by Gasteiger charge is -2.29. The molecule has 0 bridgehead atoms. The summed E-state index contributed by atoms with van der Waals surface area (Å²) in [5.74, 6) is 0.0672. The molecule has 1 aliphatic carbocycles. The molecule has 1 saturated carbocycles. The number of nitrogens with one attached hydrogen (secondary N) is 2. The molecule has 4 rings (SSSR count). The number of carbonyl (C=O) groups is 1. The van der Waals surface area contributed by atoms with Crippen molar-refractivity contribution >= 4 is 17.2 Å². The molecule has 2 fully saturated rings. The number of thiophene rings is 1. The lowest BCUT2D eigenvalue weighted by Crippen LogP contribution is -2.39. The number of nitrogens with zero attached hydrogens (tertiary/aromatic N) is 2. The lowest BCUT2D eigenvalue weighted by molar-refractivity contribution is 0.0686. The summed E-state index contributed by atoms with van der Waals surface area (Å²) in [6, 6.07) is 4.37. The van der Waals surface area contributed by atoms with E-state index in [4.69, 9.17) is 0 Å². The molecule has 1 spiro atoms. The maximum atomic E-state index is 13.1. The van der Waals surface area contributed by atoms with Gasteiger partial charge in [0.25, 0.3) is 5.91 Å². The first kappa shape index (κ1) is 15.8. The van der Waals surface area contributed by atoms with Crippen LogP contribution in [0.2, 0.25) is 0 Å². The molecule has 5 nitrogen and oxygen atoms in total. The quantitative estimate of drug-likeness (QED) is 0.877. The van der Waals surface area contributed by atoms with Gasteiger partial charge in [0.2, 0.25) is 0 Å². The second-order valence-corrected chi connectivity index (χ2v) is 7.81. The molecule has 128 valence electrons. The zero-order chi connectivity index (χ0) is 16.6. The van der Waals surface area contributed by atoms with Crippen LogP contribution in [0.1, 0.15) is 47.9 Å². The van der Waals surface area contributed by atoms with Crippen LogP contribution in [0, 0.1) is 5.41 Å². The third-order valence-electron chi connectivity index (χ3n) is 5.55. The molecule has 1 saturated heterocycles. The normalized spacial score (nSPS) is 21.8. The summed E-state index contributed by atoms with van der Waals surface area (Å²) in [6.45, 7) is 4.89. The minimum atomic E-state index is 0.0672. The molecule has 2 aromatic heterocycles. The molecule has 0 aromatic carbocycles. The number of hydrogen-bond acceptors (Lipinski definition) is 4. The summed E-state index contributed by atoms with van der Waals surface area (Å²) >= 11 is 1.69. The summed E-state index contributed by atoms with van der Waals surface area (Å²) < 4.78 is 0. The van der Waals surface area contributed by atoms with Gasteiger partial charge in [-0.25, -0.2) is 0 Å². The molecular weight excluding hydrogens is 320 g/mol. The van der Waals surface area contributed by atoms with Gasteiger partial charge in [-0.3, -0.25) is 9.89 Å². The SMILES string of the molecule is CCc1cc(C(=O)N(Cc2ccsc2)[C@H]2CC23CCNCC3)n[nH]1. The highest BCUT2D eigenvalue weighted by Gasteiger charge is 2.57.